The van der Waals surface area contributed by atoms with Crippen LogP contribution >= 0.6 is 27.5 Å². The van der Waals surface area contributed by atoms with Gasteiger partial charge in [0.05, 0.1) is 15.6 Å². The number of rotatable bonds is 3. The van der Waals surface area contributed by atoms with Crippen LogP contribution in [0.15, 0.2) is 39.7 Å². The average Bonchev–Trinajstić information content (AvgIpc) is 2.38. The van der Waals surface area contributed by atoms with Crippen LogP contribution in [0, 0.1) is 13.8 Å². The van der Waals surface area contributed by atoms with Gasteiger partial charge >= 0.3 is 0 Å². The summed E-state index contributed by atoms with van der Waals surface area (Å²) in [4.78, 5) is 0.202. The molecule has 112 valence electrons. The fraction of sp³-hybridized carbons (Fsp3) is 0.143. The monoisotopic (exact) mass is 388 g/mol. The highest BCUT2D eigenvalue weighted by atomic mass is 79.9. The van der Waals surface area contributed by atoms with Crippen LogP contribution in [0.5, 0.6) is 0 Å². The molecule has 0 atom stereocenters. The molecule has 2 aromatic rings. The van der Waals surface area contributed by atoms with Crippen molar-refractivity contribution in [3.05, 3.63) is 51.0 Å². The van der Waals surface area contributed by atoms with E-state index < -0.39 is 10.0 Å². The van der Waals surface area contributed by atoms with Crippen molar-refractivity contribution < 1.29 is 8.42 Å². The second kappa shape index (κ2) is 5.87. The van der Waals surface area contributed by atoms with E-state index in [2.05, 4.69) is 20.7 Å². The molecule has 4 nitrogen and oxygen atoms in total. The number of hydrogen-bond donors (Lipinski definition) is 2. The van der Waals surface area contributed by atoms with E-state index in [9.17, 15) is 8.42 Å². The van der Waals surface area contributed by atoms with E-state index in [0.717, 1.165) is 0 Å². The zero-order valence-corrected chi connectivity index (χ0v) is 14.6. The Morgan fingerprint density at radius 2 is 1.86 bits per heavy atom. The molecular formula is C14H14BrClN2O2S. The molecule has 0 aliphatic heterocycles. The first-order valence-electron chi connectivity index (χ1n) is 6.06. The van der Waals surface area contributed by atoms with Gasteiger partial charge in [0.15, 0.2) is 0 Å². The van der Waals surface area contributed by atoms with Gasteiger partial charge in [0, 0.05) is 10.2 Å². The predicted molar refractivity (Wildman–Crippen MR) is 90.3 cm³/mol. The molecule has 0 aliphatic rings. The maximum absolute atomic E-state index is 12.6. The summed E-state index contributed by atoms with van der Waals surface area (Å²) in [6, 6.07) is 8.21. The van der Waals surface area contributed by atoms with Crippen LogP contribution < -0.4 is 10.5 Å². The van der Waals surface area contributed by atoms with Gasteiger partial charge in [-0.05, 0) is 65.2 Å². The molecule has 0 saturated heterocycles. The minimum absolute atomic E-state index is 0.202. The van der Waals surface area contributed by atoms with Gasteiger partial charge < -0.3 is 5.73 Å². The van der Waals surface area contributed by atoms with Crippen LogP contribution in [0.4, 0.5) is 11.4 Å². The largest absolute Gasteiger partial charge is 0.398 e. The van der Waals surface area contributed by atoms with Crippen molar-refractivity contribution in [2.24, 2.45) is 0 Å². The summed E-state index contributed by atoms with van der Waals surface area (Å²) in [5, 5.41) is 0.509. The first-order chi connectivity index (χ1) is 9.72. The molecule has 7 heteroatoms. The number of halogens is 2. The Bertz CT molecular complexity index is 807. The van der Waals surface area contributed by atoms with Crippen molar-refractivity contribution in [1.29, 1.82) is 0 Å². The lowest BCUT2D eigenvalue weighted by atomic mass is 10.1. The summed E-state index contributed by atoms with van der Waals surface area (Å²) in [5.74, 6) is 0. The number of benzene rings is 2. The van der Waals surface area contributed by atoms with Gasteiger partial charge in [0.25, 0.3) is 10.0 Å². The lowest BCUT2D eigenvalue weighted by Crippen LogP contribution is -2.16. The quantitative estimate of drug-likeness (QED) is 0.776. The lowest BCUT2D eigenvalue weighted by Gasteiger charge is -2.14. The molecular weight excluding hydrogens is 376 g/mol. The van der Waals surface area contributed by atoms with Gasteiger partial charge in [-0.2, -0.15) is 0 Å². The Morgan fingerprint density at radius 1 is 1.19 bits per heavy atom. The number of anilines is 2. The molecule has 0 radical (unpaired) electrons. The molecule has 0 aliphatic carbocycles. The summed E-state index contributed by atoms with van der Waals surface area (Å²) >= 11 is 9.16. The van der Waals surface area contributed by atoms with Crippen molar-refractivity contribution in [2.75, 3.05) is 10.5 Å². The molecule has 0 unspecified atom stereocenters. The van der Waals surface area contributed by atoms with Crippen LogP contribution in [0.1, 0.15) is 11.1 Å². The molecule has 2 rings (SSSR count). The Kier molecular flexibility index (Phi) is 4.51. The van der Waals surface area contributed by atoms with Crippen molar-refractivity contribution in [2.45, 2.75) is 18.7 Å². The molecule has 21 heavy (non-hydrogen) atoms. The van der Waals surface area contributed by atoms with E-state index in [1.165, 1.54) is 0 Å². The molecule has 0 bridgehead atoms. The normalized spacial score (nSPS) is 11.4. The number of hydrogen-bond acceptors (Lipinski definition) is 3. The van der Waals surface area contributed by atoms with Gasteiger partial charge in [0.2, 0.25) is 0 Å². The number of nitrogen functional groups attached to an aromatic ring is 1. The van der Waals surface area contributed by atoms with E-state index in [0.29, 0.717) is 32.0 Å². The Morgan fingerprint density at radius 3 is 2.48 bits per heavy atom. The molecule has 0 spiro atoms. The maximum Gasteiger partial charge on any atom is 0.262 e. The van der Waals surface area contributed by atoms with Crippen molar-refractivity contribution in [3.63, 3.8) is 0 Å². The fourth-order valence-corrected chi connectivity index (χ4v) is 4.07. The van der Waals surface area contributed by atoms with E-state index >= 15 is 0 Å². The van der Waals surface area contributed by atoms with Gasteiger partial charge in [-0.1, -0.05) is 17.7 Å². The summed E-state index contributed by atoms with van der Waals surface area (Å²) in [7, 11) is -3.72. The predicted octanol–water partition coefficient (Wildman–Crippen LogP) is 4.10. The van der Waals surface area contributed by atoms with Crippen molar-refractivity contribution in [1.82, 2.24) is 0 Å². The van der Waals surface area contributed by atoms with Crippen LogP contribution in [-0.4, -0.2) is 8.42 Å². The number of sulfonamides is 1. The number of nitrogens with one attached hydrogen (secondary N) is 1. The second-order valence-corrected chi connectivity index (χ2v) is 7.54. The number of aryl methyl sites for hydroxylation is 1. The van der Waals surface area contributed by atoms with Gasteiger partial charge in [-0.3, -0.25) is 4.72 Å². The highest BCUT2D eigenvalue weighted by molar-refractivity contribution is 9.10. The van der Waals surface area contributed by atoms with Crippen LogP contribution in [0.3, 0.4) is 0 Å². The zero-order valence-electron chi connectivity index (χ0n) is 11.4. The summed E-state index contributed by atoms with van der Waals surface area (Å²) in [6.45, 7) is 3.42. The molecule has 0 fully saturated rings. The summed E-state index contributed by atoms with van der Waals surface area (Å²) in [6.07, 6.45) is 0. The molecule has 0 aromatic heterocycles. The van der Waals surface area contributed by atoms with E-state index in [-0.39, 0.29) is 4.90 Å². The van der Waals surface area contributed by atoms with Gasteiger partial charge in [0.1, 0.15) is 0 Å². The highest BCUT2D eigenvalue weighted by Crippen LogP contribution is 2.29. The topological polar surface area (TPSA) is 72.2 Å². The third-order valence-electron chi connectivity index (χ3n) is 3.09. The Hall–Kier alpha value is -1.24. The standard InChI is InChI=1S/C14H14BrClN2O2S/c1-8-3-6-13(17)9(2)14(8)21(19,20)18-10-4-5-12(16)11(15)7-10/h3-7,18H,17H2,1-2H3. The third kappa shape index (κ3) is 3.33. The molecule has 0 saturated carbocycles. The summed E-state index contributed by atoms with van der Waals surface area (Å²) in [5.41, 5.74) is 7.85. The Labute approximate surface area is 137 Å². The smallest absolute Gasteiger partial charge is 0.262 e. The SMILES string of the molecule is Cc1ccc(N)c(C)c1S(=O)(=O)Nc1ccc(Cl)c(Br)c1. The molecule has 0 heterocycles. The van der Waals surface area contributed by atoms with Crippen molar-refractivity contribution in [3.8, 4) is 0 Å². The minimum atomic E-state index is -3.72. The van der Waals surface area contributed by atoms with Crippen LogP contribution in [0.2, 0.25) is 5.02 Å². The lowest BCUT2D eigenvalue weighted by molar-refractivity contribution is 0.600. The molecule has 0 amide bonds. The maximum atomic E-state index is 12.6. The zero-order chi connectivity index (χ0) is 15.8. The third-order valence-corrected chi connectivity index (χ3v) is 5.97. The van der Waals surface area contributed by atoms with E-state index in [4.69, 9.17) is 17.3 Å². The minimum Gasteiger partial charge on any atom is -0.398 e. The highest BCUT2D eigenvalue weighted by Gasteiger charge is 2.21. The Balaban J connectivity index is 2.48. The average molecular weight is 390 g/mol. The van der Waals surface area contributed by atoms with E-state index in [1.807, 2.05) is 0 Å². The second-order valence-electron chi connectivity index (χ2n) is 4.66. The van der Waals surface area contributed by atoms with Crippen molar-refractivity contribution >= 4 is 48.9 Å². The van der Waals surface area contributed by atoms with Gasteiger partial charge in [-0.25, -0.2) is 8.42 Å². The van der Waals surface area contributed by atoms with E-state index in [1.54, 1.807) is 44.2 Å². The summed E-state index contributed by atoms with van der Waals surface area (Å²) < 4.78 is 28.3. The van der Waals surface area contributed by atoms with Crippen LogP contribution in [0.25, 0.3) is 0 Å². The van der Waals surface area contributed by atoms with Crippen LogP contribution in [-0.2, 0) is 10.0 Å². The first-order valence-corrected chi connectivity index (χ1v) is 8.71. The van der Waals surface area contributed by atoms with Gasteiger partial charge in [-0.15, -0.1) is 0 Å². The first kappa shape index (κ1) is 16.1. The molecule has 2 aromatic carbocycles. The molecule has 3 N–H and O–H groups in total. The fourth-order valence-electron chi connectivity index (χ4n) is 2.02. The number of nitrogens with two attached hydrogens (primary N) is 1.